The molecular formula is C11H20N2. The van der Waals surface area contributed by atoms with Gasteiger partial charge in [0.15, 0.2) is 0 Å². The lowest BCUT2D eigenvalue weighted by Crippen LogP contribution is -2.03. The fourth-order valence-electron chi connectivity index (χ4n) is 1.20. The summed E-state index contributed by atoms with van der Waals surface area (Å²) in [5.74, 6) is 1.30. The molecule has 0 unspecified atom stereocenters. The Kier molecular flexibility index (Phi) is 3.52. The van der Waals surface area contributed by atoms with E-state index in [2.05, 4.69) is 49.7 Å². The van der Waals surface area contributed by atoms with Gasteiger partial charge in [0.05, 0.1) is 5.69 Å². The van der Waals surface area contributed by atoms with Crippen LogP contribution in [0.15, 0.2) is 12.3 Å². The minimum absolute atomic E-state index is 0.542. The van der Waals surface area contributed by atoms with Gasteiger partial charge in [-0.15, -0.1) is 0 Å². The Morgan fingerprint density at radius 1 is 1.31 bits per heavy atom. The van der Waals surface area contributed by atoms with Gasteiger partial charge >= 0.3 is 0 Å². The highest BCUT2D eigenvalue weighted by Gasteiger charge is 2.03. The molecule has 2 heteroatoms. The predicted molar refractivity (Wildman–Crippen MR) is 55.8 cm³/mol. The number of aryl methyl sites for hydroxylation is 1. The number of hydrogen-bond acceptors (Lipinski definition) is 1. The zero-order chi connectivity index (χ0) is 9.84. The summed E-state index contributed by atoms with van der Waals surface area (Å²) in [6.07, 6.45) is 3.29. The molecule has 0 aliphatic carbocycles. The predicted octanol–water partition coefficient (Wildman–Crippen LogP) is 3.05. The Balaban J connectivity index is 2.49. The quantitative estimate of drug-likeness (QED) is 0.696. The van der Waals surface area contributed by atoms with Crippen LogP contribution in [-0.4, -0.2) is 9.78 Å². The summed E-state index contributed by atoms with van der Waals surface area (Å²) >= 11 is 0. The molecule has 1 aromatic heterocycles. The fraction of sp³-hybridized carbons (Fsp3) is 0.727. The van der Waals surface area contributed by atoms with Crippen LogP contribution in [0.2, 0.25) is 0 Å². The van der Waals surface area contributed by atoms with Crippen LogP contribution in [0.5, 0.6) is 0 Å². The van der Waals surface area contributed by atoms with Crippen LogP contribution in [0, 0.1) is 5.92 Å². The van der Waals surface area contributed by atoms with E-state index < -0.39 is 0 Å². The van der Waals surface area contributed by atoms with E-state index in [0.29, 0.717) is 5.92 Å². The molecule has 0 saturated carbocycles. The summed E-state index contributed by atoms with van der Waals surface area (Å²) in [4.78, 5) is 0. The SMILES string of the molecule is CC(C)CCn1ccc(C(C)C)n1. The van der Waals surface area contributed by atoms with Crippen molar-refractivity contribution in [2.24, 2.45) is 5.92 Å². The Bertz CT molecular complexity index is 248. The fourth-order valence-corrected chi connectivity index (χ4v) is 1.20. The maximum atomic E-state index is 4.50. The maximum Gasteiger partial charge on any atom is 0.0649 e. The average molecular weight is 180 g/mol. The molecule has 0 spiro atoms. The van der Waals surface area contributed by atoms with Crippen LogP contribution >= 0.6 is 0 Å². The number of aromatic nitrogens is 2. The van der Waals surface area contributed by atoms with Crippen molar-refractivity contribution in [3.63, 3.8) is 0 Å². The van der Waals surface area contributed by atoms with Gasteiger partial charge in [0.25, 0.3) is 0 Å². The van der Waals surface area contributed by atoms with E-state index in [9.17, 15) is 0 Å². The molecule has 0 bridgehead atoms. The number of hydrogen-bond donors (Lipinski definition) is 0. The zero-order valence-electron chi connectivity index (χ0n) is 9.12. The number of rotatable bonds is 4. The molecule has 1 rings (SSSR count). The highest BCUT2D eigenvalue weighted by Crippen LogP contribution is 2.11. The molecule has 0 fully saturated rings. The van der Waals surface area contributed by atoms with Gasteiger partial charge in [-0.05, 0) is 24.3 Å². The molecule has 0 aliphatic rings. The van der Waals surface area contributed by atoms with Crippen molar-refractivity contribution in [1.29, 1.82) is 0 Å². The largest absolute Gasteiger partial charge is 0.272 e. The summed E-state index contributed by atoms with van der Waals surface area (Å²) < 4.78 is 2.05. The Morgan fingerprint density at radius 2 is 2.00 bits per heavy atom. The van der Waals surface area contributed by atoms with E-state index in [1.807, 2.05) is 0 Å². The molecular weight excluding hydrogens is 160 g/mol. The molecule has 0 atom stereocenters. The monoisotopic (exact) mass is 180 g/mol. The van der Waals surface area contributed by atoms with E-state index in [1.54, 1.807) is 0 Å². The first-order chi connectivity index (χ1) is 6.09. The third-order valence-corrected chi connectivity index (χ3v) is 2.19. The van der Waals surface area contributed by atoms with Gasteiger partial charge in [0.2, 0.25) is 0 Å². The first kappa shape index (κ1) is 10.3. The van der Waals surface area contributed by atoms with E-state index in [1.165, 1.54) is 12.1 Å². The molecule has 0 N–H and O–H groups in total. The topological polar surface area (TPSA) is 17.8 Å². The van der Waals surface area contributed by atoms with Gasteiger partial charge in [-0.25, -0.2) is 0 Å². The van der Waals surface area contributed by atoms with Crippen molar-refractivity contribution in [3.8, 4) is 0 Å². The second kappa shape index (κ2) is 4.45. The highest BCUT2D eigenvalue weighted by molar-refractivity contribution is 5.03. The van der Waals surface area contributed by atoms with E-state index in [0.717, 1.165) is 12.5 Å². The highest BCUT2D eigenvalue weighted by atomic mass is 15.3. The molecule has 0 amide bonds. The van der Waals surface area contributed by atoms with Crippen LogP contribution in [0.3, 0.4) is 0 Å². The minimum atomic E-state index is 0.542. The van der Waals surface area contributed by atoms with Gasteiger partial charge in [-0.3, -0.25) is 4.68 Å². The first-order valence-corrected chi connectivity index (χ1v) is 5.13. The summed E-state index contributed by atoms with van der Waals surface area (Å²) in [5, 5.41) is 4.50. The summed E-state index contributed by atoms with van der Waals surface area (Å²) in [6, 6.07) is 2.12. The molecule has 0 aromatic carbocycles. The van der Waals surface area contributed by atoms with Crippen molar-refractivity contribution >= 4 is 0 Å². The average Bonchev–Trinajstić information content (AvgIpc) is 2.48. The van der Waals surface area contributed by atoms with Crippen molar-refractivity contribution < 1.29 is 0 Å². The smallest absolute Gasteiger partial charge is 0.0649 e. The van der Waals surface area contributed by atoms with Crippen LogP contribution in [0.25, 0.3) is 0 Å². The Labute approximate surface area is 81.0 Å². The summed E-state index contributed by atoms with van der Waals surface area (Å²) in [5.41, 5.74) is 1.20. The van der Waals surface area contributed by atoms with E-state index >= 15 is 0 Å². The molecule has 2 nitrogen and oxygen atoms in total. The van der Waals surface area contributed by atoms with Crippen molar-refractivity contribution in [1.82, 2.24) is 9.78 Å². The molecule has 1 aromatic rings. The van der Waals surface area contributed by atoms with Crippen molar-refractivity contribution in [3.05, 3.63) is 18.0 Å². The van der Waals surface area contributed by atoms with Crippen LogP contribution in [0.4, 0.5) is 0 Å². The summed E-state index contributed by atoms with van der Waals surface area (Å²) in [7, 11) is 0. The lowest BCUT2D eigenvalue weighted by molar-refractivity contribution is 0.483. The van der Waals surface area contributed by atoms with Gasteiger partial charge in [-0.1, -0.05) is 27.7 Å². The second-order valence-corrected chi connectivity index (χ2v) is 4.34. The van der Waals surface area contributed by atoms with Crippen LogP contribution in [0.1, 0.15) is 45.7 Å². The summed E-state index contributed by atoms with van der Waals surface area (Å²) in [6.45, 7) is 9.88. The minimum Gasteiger partial charge on any atom is -0.272 e. The standard InChI is InChI=1S/C11H20N2/c1-9(2)5-7-13-8-6-11(12-13)10(3)4/h6,8-10H,5,7H2,1-4H3. The third kappa shape index (κ3) is 3.21. The van der Waals surface area contributed by atoms with Gasteiger partial charge < -0.3 is 0 Å². The Morgan fingerprint density at radius 3 is 2.46 bits per heavy atom. The maximum absolute atomic E-state index is 4.50. The normalized spacial score (nSPS) is 11.5. The molecule has 1 heterocycles. The van der Waals surface area contributed by atoms with Gasteiger partial charge in [0, 0.05) is 12.7 Å². The van der Waals surface area contributed by atoms with E-state index in [-0.39, 0.29) is 0 Å². The van der Waals surface area contributed by atoms with Gasteiger partial charge in [0.1, 0.15) is 0 Å². The number of nitrogens with zero attached hydrogens (tertiary/aromatic N) is 2. The second-order valence-electron chi connectivity index (χ2n) is 4.34. The zero-order valence-corrected chi connectivity index (χ0v) is 9.12. The Hall–Kier alpha value is -0.790. The lowest BCUT2D eigenvalue weighted by atomic mass is 10.1. The molecule has 0 saturated heterocycles. The van der Waals surface area contributed by atoms with E-state index in [4.69, 9.17) is 0 Å². The lowest BCUT2D eigenvalue weighted by Gasteiger charge is -2.04. The van der Waals surface area contributed by atoms with Crippen LogP contribution in [-0.2, 0) is 6.54 Å². The van der Waals surface area contributed by atoms with Gasteiger partial charge in [-0.2, -0.15) is 5.10 Å². The molecule has 0 radical (unpaired) electrons. The van der Waals surface area contributed by atoms with Crippen molar-refractivity contribution in [2.45, 2.75) is 46.6 Å². The first-order valence-electron chi connectivity index (χ1n) is 5.13. The van der Waals surface area contributed by atoms with Crippen molar-refractivity contribution in [2.75, 3.05) is 0 Å². The molecule has 0 aliphatic heterocycles. The molecule has 13 heavy (non-hydrogen) atoms. The molecule has 74 valence electrons. The van der Waals surface area contributed by atoms with Crippen LogP contribution < -0.4 is 0 Å². The third-order valence-electron chi connectivity index (χ3n) is 2.19.